The molecule has 5 heteroatoms. The number of amides is 1. The molecular formula is C20H30BNO3. The first-order valence-corrected chi connectivity index (χ1v) is 9.53. The van der Waals surface area contributed by atoms with Crippen molar-refractivity contribution in [2.75, 3.05) is 6.54 Å². The average molecular weight is 343 g/mol. The van der Waals surface area contributed by atoms with Crippen molar-refractivity contribution in [1.29, 1.82) is 0 Å². The molecular weight excluding hydrogens is 313 g/mol. The van der Waals surface area contributed by atoms with Gasteiger partial charge in [0.1, 0.15) is 0 Å². The summed E-state index contributed by atoms with van der Waals surface area (Å²) in [6, 6.07) is 5.91. The van der Waals surface area contributed by atoms with Crippen LogP contribution in [0.5, 0.6) is 0 Å². The molecule has 3 rings (SSSR count). The normalized spacial score (nSPS) is 21.1. The number of benzene rings is 1. The number of fused-ring (bicyclic) bond motifs is 1. The lowest BCUT2D eigenvalue weighted by Gasteiger charge is -2.32. The second-order valence-corrected chi connectivity index (χ2v) is 8.25. The van der Waals surface area contributed by atoms with Crippen LogP contribution < -0.4 is 5.46 Å². The van der Waals surface area contributed by atoms with E-state index in [1.54, 1.807) is 0 Å². The van der Waals surface area contributed by atoms with Crippen LogP contribution in [0.15, 0.2) is 18.2 Å². The minimum Gasteiger partial charge on any atom is -0.399 e. The maximum absolute atomic E-state index is 12.7. The van der Waals surface area contributed by atoms with Crippen molar-refractivity contribution in [2.45, 2.75) is 78.0 Å². The molecule has 1 saturated heterocycles. The molecule has 0 unspecified atom stereocenters. The molecule has 0 atom stereocenters. The highest BCUT2D eigenvalue weighted by Crippen LogP contribution is 2.37. The Bertz CT molecular complexity index is 640. The first kappa shape index (κ1) is 18.5. The third kappa shape index (κ3) is 3.36. The summed E-state index contributed by atoms with van der Waals surface area (Å²) < 4.78 is 12.4. The van der Waals surface area contributed by atoms with Crippen molar-refractivity contribution in [3.05, 3.63) is 29.3 Å². The third-order valence-corrected chi connectivity index (χ3v) is 5.87. The second kappa shape index (κ2) is 6.77. The first-order valence-electron chi connectivity index (χ1n) is 9.53. The predicted molar refractivity (Wildman–Crippen MR) is 101 cm³/mol. The lowest BCUT2D eigenvalue weighted by atomic mass is 9.75. The number of hydrogen-bond donors (Lipinski definition) is 0. The molecule has 2 aliphatic heterocycles. The van der Waals surface area contributed by atoms with E-state index in [4.69, 9.17) is 9.31 Å². The van der Waals surface area contributed by atoms with Crippen molar-refractivity contribution in [3.8, 4) is 0 Å². The van der Waals surface area contributed by atoms with E-state index >= 15 is 0 Å². The molecule has 136 valence electrons. The highest BCUT2D eigenvalue weighted by Gasteiger charge is 2.52. The Morgan fingerprint density at radius 2 is 1.76 bits per heavy atom. The largest absolute Gasteiger partial charge is 0.495 e. The number of nitrogens with zero attached hydrogens (tertiary/aromatic N) is 1. The lowest BCUT2D eigenvalue weighted by Crippen LogP contribution is -2.41. The standard InChI is InChI=1S/C20H30BNO3/c1-6-7-8-9-13-22-14-16-15(18(22)23)11-10-12-17(16)21-24-19(2,3)20(4,5)25-21/h10-12H,6-9,13-14H2,1-5H3. The number of rotatable bonds is 6. The van der Waals surface area contributed by atoms with Crippen LogP contribution in [0.1, 0.15) is 76.2 Å². The van der Waals surface area contributed by atoms with Crippen molar-refractivity contribution in [1.82, 2.24) is 4.90 Å². The Morgan fingerprint density at radius 1 is 1.08 bits per heavy atom. The highest BCUT2D eigenvalue weighted by molar-refractivity contribution is 6.62. The molecule has 1 aromatic rings. The van der Waals surface area contributed by atoms with E-state index in [1.807, 2.05) is 23.1 Å². The SMILES string of the molecule is CCCCCCN1Cc2c(B3OC(C)(C)C(C)(C)O3)cccc2C1=O. The van der Waals surface area contributed by atoms with E-state index in [-0.39, 0.29) is 17.1 Å². The minimum absolute atomic E-state index is 0.143. The second-order valence-electron chi connectivity index (χ2n) is 8.25. The van der Waals surface area contributed by atoms with Crippen LogP contribution >= 0.6 is 0 Å². The zero-order chi connectivity index (χ0) is 18.2. The van der Waals surface area contributed by atoms with Crippen LogP contribution in [0, 0.1) is 0 Å². The van der Waals surface area contributed by atoms with Crippen LogP contribution in [0.4, 0.5) is 0 Å². The van der Waals surface area contributed by atoms with Crippen LogP contribution in [-0.2, 0) is 15.9 Å². The van der Waals surface area contributed by atoms with E-state index in [1.165, 1.54) is 19.3 Å². The molecule has 0 N–H and O–H groups in total. The van der Waals surface area contributed by atoms with Crippen LogP contribution in [0.25, 0.3) is 0 Å². The molecule has 0 spiro atoms. The summed E-state index contributed by atoms with van der Waals surface area (Å²) >= 11 is 0. The molecule has 25 heavy (non-hydrogen) atoms. The van der Waals surface area contributed by atoms with Gasteiger partial charge in [-0.3, -0.25) is 4.79 Å². The van der Waals surface area contributed by atoms with E-state index in [0.29, 0.717) is 6.54 Å². The van der Waals surface area contributed by atoms with Gasteiger partial charge < -0.3 is 14.2 Å². The average Bonchev–Trinajstić information content (AvgIpc) is 2.97. The lowest BCUT2D eigenvalue weighted by molar-refractivity contribution is 0.00578. The number of carbonyl (C=O) groups is 1. The summed E-state index contributed by atoms with van der Waals surface area (Å²) in [5.74, 6) is 0.143. The zero-order valence-corrected chi connectivity index (χ0v) is 16.2. The Hall–Kier alpha value is -1.33. The number of carbonyl (C=O) groups excluding carboxylic acids is 1. The van der Waals surface area contributed by atoms with Gasteiger partial charge in [0.2, 0.25) is 0 Å². The van der Waals surface area contributed by atoms with Gasteiger partial charge in [-0.05, 0) is 51.2 Å². The molecule has 2 aliphatic rings. The fraction of sp³-hybridized carbons (Fsp3) is 0.650. The quantitative estimate of drug-likeness (QED) is 0.586. The van der Waals surface area contributed by atoms with Gasteiger partial charge in [0, 0.05) is 18.7 Å². The van der Waals surface area contributed by atoms with Gasteiger partial charge in [-0.1, -0.05) is 38.3 Å². The Morgan fingerprint density at radius 3 is 2.40 bits per heavy atom. The Kier molecular flexibility index (Phi) is 5.00. The smallest absolute Gasteiger partial charge is 0.399 e. The molecule has 0 saturated carbocycles. The van der Waals surface area contributed by atoms with Crippen LogP contribution in [0.3, 0.4) is 0 Å². The van der Waals surface area contributed by atoms with Gasteiger partial charge in [0.15, 0.2) is 0 Å². The topological polar surface area (TPSA) is 38.8 Å². The summed E-state index contributed by atoms with van der Waals surface area (Å²) in [7, 11) is -0.409. The molecule has 1 amide bonds. The van der Waals surface area contributed by atoms with Crippen LogP contribution in [-0.4, -0.2) is 35.7 Å². The summed E-state index contributed by atoms with van der Waals surface area (Å²) in [5.41, 5.74) is 2.14. The van der Waals surface area contributed by atoms with Gasteiger partial charge in [0.25, 0.3) is 5.91 Å². The zero-order valence-electron chi connectivity index (χ0n) is 16.2. The van der Waals surface area contributed by atoms with Crippen molar-refractivity contribution >= 4 is 18.5 Å². The summed E-state index contributed by atoms with van der Waals surface area (Å²) in [5, 5.41) is 0. The molecule has 2 heterocycles. The van der Waals surface area contributed by atoms with Gasteiger partial charge in [-0.25, -0.2) is 0 Å². The number of unbranched alkanes of at least 4 members (excludes halogenated alkanes) is 3. The Labute approximate surface area is 152 Å². The fourth-order valence-electron chi connectivity index (χ4n) is 3.52. The molecule has 0 aliphatic carbocycles. The maximum atomic E-state index is 12.7. The molecule has 0 radical (unpaired) electrons. The van der Waals surface area contributed by atoms with Crippen molar-refractivity contribution in [3.63, 3.8) is 0 Å². The molecule has 1 aromatic carbocycles. The monoisotopic (exact) mass is 343 g/mol. The van der Waals surface area contributed by atoms with Crippen molar-refractivity contribution in [2.24, 2.45) is 0 Å². The van der Waals surface area contributed by atoms with E-state index in [0.717, 1.165) is 29.6 Å². The van der Waals surface area contributed by atoms with Gasteiger partial charge >= 0.3 is 7.12 Å². The fourth-order valence-corrected chi connectivity index (χ4v) is 3.52. The molecule has 0 bridgehead atoms. The predicted octanol–water partition coefficient (Wildman–Crippen LogP) is 3.52. The Balaban J connectivity index is 1.78. The number of hydrogen-bond acceptors (Lipinski definition) is 3. The third-order valence-electron chi connectivity index (χ3n) is 5.87. The highest BCUT2D eigenvalue weighted by atomic mass is 16.7. The minimum atomic E-state index is -0.409. The maximum Gasteiger partial charge on any atom is 0.495 e. The van der Waals surface area contributed by atoms with Gasteiger partial charge in [-0.15, -0.1) is 0 Å². The van der Waals surface area contributed by atoms with E-state index < -0.39 is 7.12 Å². The van der Waals surface area contributed by atoms with Gasteiger partial charge in [0.05, 0.1) is 11.2 Å². The summed E-state index contributed by atoms with van der Waals surface area (Å²) in [4.78, 5) is 14.7. The summed E-state index contributed by atoms with van der Waals surface area (Å²) in [6.07, 6.45) is 4.69. The molecule has 0 aromatic heterocycles. The summed E-state index contributed by atoms with van der Waals surface area (Å²) in [6.45, 7) is 11.9. The van der Waals surface area contributed by atoms with E-state index in [9.17, 15) is 4.79 Å². The molecule has 4 nitrogen and oxygen atoms in total. The van der Waals surface area contributed by atoms with Crippen molar-refractivity contribution < 1.29 is 14.1 Å². The van der Waals surface area contributed by atoms with Crippen LogP contribution in [0.2, 0.25) is 0 Å². The van der Waals surface area contributed by atoms with Gasteiger partial charge in [-0.2, -0.15) is 0 Å². The first-order chi connectivity index (χ1) is 11.8. The van der Waals surface area contributed by atoms with E-state index in [2.05, 4.69) is 34.6 Å². The molecule has 1 fully saturated rings.